The topological polar surface area (TPSA) is 24.9 Å². The Balaban J connectivity index is 1.82. The van der Waals surface area contributed by atoms with Crippen molar-refractivity contribution in [3.05, 3.63) is 71.7 Å². The number of nitrogens with one attached hydrogen (secondary N) is 1. The van der Waals surface area contributed by atoms with E-state index < -0.39 is 17.5 Å². The Morgan fingerprint density at radius 3 is 2.67 bits per heavy atom. The molecule has 21 heavy (non-hydrogen) atoms. The zero-order valence-electron chi connectivity index (χ0n) is 10.9. The average Bonchev–Trinajstić information content (AvgIpc) is 2.52. The highest BCUT2D eigenvalue weighted by Crippen LogP contribution is 2.21. The van der Waals surface area contributed by atoms with Crippen LogP contribution in [0.4, 0.5) is 18.9 Å². The van der Waals surface area contributed by atoms with Gasteiger partial charge in [-0.15, -0.1) is 0 Å². The summed E-state index contributed by atoms with van der Waals surface area (Å²) in [4.78, 5) is 4.20. The number of hydrogen-bond acceptors (Lipinski definition) is 2. The van der Waals surface area contributed by atoms with Crippen LogP contribution in [0.3, 0.4) is 0 Å². The fourth-order valence-corrected chi connectivity index (χ4v) is 2.09. The summed E-state index contributed by atoms with van der Waals surface area (Å²) in [6.45, 7) is 0.298. The number of nitrogens with zero attached hydrogens (tertiary/aromatic N) is 1. The molecule has 0 saturated heterocycles. The largest absolute Gasteiger partial charge is 0.379 e. The third kappa shape index (κ3) is 2.67. The smallest absolute Gasteiger partial charge is 0.196 e. The predicted octanol–water partition coefficient (Wildman–Crippen LogP) is 4.26. The molecular formula is C16H11F3N2. The summed E-state index contributed by atoms with van der Waals surface area (Å²) in [6.07, 6.45) is 1.71. The normalized spacial score (nSPS) is 10.8. The number of pyridine rings is 1. The van der Waals surface area contributed by atoms with Crippen LogP contribution in [0.15, 0.2) is 48.7 Å². The van der Waals surface area contributed by atoms with E-state index in [4.69, 9.17) is 0 Å². The van der Waals surface area contributed by atoms with Crippen molar-refractivity contribution in [2.45, 2.75) is 6.54 Å². The summed E-state index contributed by atoms with van der Waals surface area (Å²) >= 11 is 0. The van der Waals surface area contributed by atoms with Gasteiger partial charge in [-0.1, -0.05) is 12.1 Å². The molecule has 0 aliphatic heterocycles. The van der Waals surface area contributed by atoms with E-state index in [1.165, 1.54) is 6.07 Å². The molecule has 3 rings (SSSR count). The van der Waals surface area contributed by atoms with Gasteiger partial charge in [0.1, 0.15) is 0 Å². The van der Waals surface area contributed by atoms with Crippen LogP contribution in [0.25, 0.3) is 10.9 Å². The van der Waals surface area contributed by atoms with E-state index in [1.54, 1.807) is 6.20 Å². The van der Waals surface area contributed by atoms with Gasteiger partial charge in [0.15, 0.2) is 17.5 Å². The van der Waals surface area contributed by atoms with Crippen LogP contribution in [-0.4, -0.2) is 4.98 Å². The highest BCUT2D eigenvalue weighted by atomic mass is 19.2. The summed E-state index contributed by atoms with van der Waals surface area (Å²) in [5, 5.41) is 3.72. The molecule has 1 N–H and O–H groups in total. The highest BCUT2D eigenvalue weighted by molar-refractivity contribution is 5.78. The van der Waals surface area contributed by atoms with Gasteiger partial charge < -0.3 is 5.32 Å². The summed E-state index contributed by atoms with van der Waals surface area (Å²) < 4.78 is 39.5. The Bertz CT molecular complexity index is 803. The number of halogens is 3. The maximum Gasteiger partial charge on any atom is 0.196 e. The second-order valence-electron chi connectivity index (χ2n) is 4.61. The molecule has 1 aromatic heterocycles. The third-order valence-corrected chi connectivity index (χ3v) is 3.19. The Morgan fingerprint density at radius 1 is 0.952 bits per heavy atom. The molecule has 0 fully saturated rings. The summed E-state index contributed by atoms with van der Waals surface area (Å²) in [6, 6.07) is 11.4. The predicted molar refractivity (Wildman–Crippen MR) is 75.4 cm³/mol. The zero-order valence-corrected chi connectivity index (χ0v) is 10.9. The van der Waals surface area contributed by atoms with E-state index in [0.717, 1.165) is 22.5 Å². The molecule has 2 nitrogen and oxygen atoms in total. The van der Waals surface area contributed by atoms with Gasteiger partial charge in [0.25, 0.3) is 0 Å². The molecule has 0 aliphatic carbocycles. The Hall–Kier alpha value is -2.56. The van der Waals surface area contributed by atoms with E-state index >= 15 is 0 Å². The lowest BCUT2D eigenvalue weighted by molar-refractivity contribution is 0.449. The summed E-state index contributed by atoms with van der Waals surface area (Å²) in [5.41, 5.74) is 1.68. The van der Waals surface area contributed by atoms with E-state index in [2.05, 4.69) is 10.3 Å². The first-order chi connectivity index (χ1) is 10.1. The van der Waals surface area contributed by atoms with Crippen LogP contribution in [0, 0.1) is 17.5 Å². The number of rotatable bonds is 3. The molecule has 0 spiro atoms. The Labute approximate surface area is 119 Å². The van der Waals surface area contributed by atoms with Crippen molar-refractivity contribution >= 4 is 16.6 Å². The third-order valence-electron chi connectivity index (χ3n) is 3.19. The minimum atomic E-state index is -1.47. The van der Waals surface area contributed by atoms with Gasteiger partial charge in [0.05, 0.1) is 11.2 Å². The van der Waals surface area contributed by atoms with Gasteiger partial charge in [-0.3, -0.25) is 4.98 Å². The fourth-order valence-electron chi connectivity index (χ4n) is 2.09. The minimum Gasteiger partial charge on any atom is -0.379 e. The SMILES string of the molecule is Fc1ccc(NCc2ccc3ncccc3c2)c(F)c1F. The number of fused-ring (bicyclic) bond motifs is 1. The van der Waals surface area contributed by atoms with Crippen LogP contribution in [-0.2, 0) is 6.54 Å². The fraction of sp³-hybridized carbons (Fsp3) is 0.0625. The average molecular weight is 288 g/mol. The molecule has 0 amide bonds. The molecule has 0 saturated carbocycles. The lowest BCUT2D eigenvalue weighted by Gasteiger charge is -2.09. The molecule has 0 unspecified atom stereocenters. The number of anilines is 1. The zero-order chi connectivity index (χ0) is 14.8. The highest BCUT2D eigenvalue weighted by Gasteiger charge is 2.12. The standard InChI is InChI=1S/C16H11F3N2/c17-12-4-6-14(16(19)15(12)18)21-9-10-3-5-13-11(8-10)2-1-7-20-13/h1-8,21H,9H2. The van der Waals surface area contributed by atoms with Gasteiger partial charge in [0.2, 0.25) is 0 Å². The van der Waals surface area contributed by atoms with E-state index in [1.807, 2.05) is 30.3 Å². The lowest BCUT2D eigenvalue weighted by Crippen LogP contribution is -2.04. The second-order valence-corrected chi connectivity index (χ2v) is 4.61. The van der Waals surface area contributed by atoms with Crippen molar-refractivity contribution in [1.82, 2.24) is 4.98 Å². The lowest BCUT2D eigenvalue weighted by atomic mass is 10.1. The number of benzene rings is 2. The molecule has 2 aromatic carbocycles. The first kappa shape index (κ1) is 13.4. The van der Waals surface area contributed by atoms with Crippen LogP contribution in [0.1, 0.15) is 5.56 Å². The minimum absolute atomic E-state index is 0.0693. The van der Waals surface area contributed by atoms with Crippen molar-refractivity contribution in [2.75, 3.05) is 5.32 Å². The Kier molecular flexibility index (Phi) is 3.48. The quantitative estimate of drug-likeness (QED) is 0.728. The monoisotopic (exact) mass is 288 g/mol. The molecule has 5 heteroatoms. The molecular weight excluding hydrogens is 277 g/mol. The van der Waals surface area contributed by atoms with Crippen LogP contribution >= 0.6 is 0 Å². The van der Waals surface area contributed by atoms with Crippen LogP contribution in [0.5, 0.6) is 0 Å². The van der Waals surface area contributed by atoms with Crippen molar-refractivity contribution in [1.29, 1.82) is 0 Å². The van der Waals surface area contributed by atoms with E-state index in [0.29, 0.717) is 6.54 Å². The van der Waals surface area contributed by atoms with Gasteiger partial charge in [-0.05, 0) is 35.9 Å². The molecule has 0 atom stereocenters. The van der Waals surface area contributed by atoms with Gasteiger partial charge in [0, 0.05) is 18.1 Å². The number of hydrogen-bond donors (Lipinski definition) is 1. The maximum absolute atomic E-state index is 13.5. The molecule has 0 aliphatic rings. The summed E-state index contributed by atoms with van der Waals surface area (Å²) in [7, 11) is 0. The molecule has 0 bridgehead atoms. The first-order valence-electron chi connectivity index (χ1n) is 6.36. The van der Waals surface area contributed by atoms with Gasteiger partial charge in [-0.2, -0.15) is 0 Å². The maximum atomic E-state index is 13.5. The number of aromatic nitrogens is 1. The van der Waals surface area contributed by atoms with Crippen LogP contribution in [0.2, 0.25) is 0 Å². The molecule has 1 heterocycles. The molecule has 0 radical (unpaired) electrons. The second kappa shape index (κ2) is 5.44. The van der Waals surface area contributed by atoms with Gasteiger partial charge in [-0.25, -0.2) is 13.2 Å². The molecule has 3 aromatic rings. The van der Waals surface area contributed by atoms with E-state index in [-0.39, 0.29) is 5.69 Å². The van der Waals surface area contributed by atoms with E-state index in [9.17, 15) is 13.2 Å². The first-order valence-corrected chi connectivity index (χ1v) is 6.36. The van der Waals surface area contributed by atoms with Crippen LogP contribution < -0.4 is 5.32 Å². The van der Waals surface area contributed by atoms with Crippen molar-refractivity contribution < 1.29 is 13.2 Å². The Morgan fingerprint density at radius 2 is 1.81 bits per heavy atom. The summed E-state index contributed by atoms with van der Waals surface area (Å²) in [5.74, 6) is -3.88. The van der Waals surface area contributed by atoms with Crippen molar-refractivity contribution in [3.8, 4) is 0 Å². The molecule has 106 valence electrons. The van der Waals surface area contributed by atoms with Crippen molar-refractivity contribution in [3.63, 3.8) is 0 Å². The van der Waals surface area contributed by atoms with Gasteiger partial charge >= 0.3 is 0 Å². The van der Waals surface area contributed by atoms with Crippen molar-refractivity contribution in [2.24, 2.45) is 0 Å².